The molecule has 138 valence electrons. The number of hydrogen-bond acceptors (Lipinski definition) is 3. The molecule has 0 aromatic heterocycles. The van der Waals surface area contributed by atoms with Gasteiger partial charge in [0.2, 0.25) is 0 Å². The van der Waals surface area contributed by atoms with E-state index in [0.717, 1.165) is 18.1 Å². The minimum Gasteiger partial charge on any atom is -0.375 e. The Hall–Kier alpha value is -2.11. The molecular formula is C20H25IN4O. The second kappa shape index (κ2) is 13.1. The Morgan fingerprint density at radius 2 is 1.77 bits per heavy atom. The van der Waals surface area contributed by atoms with Gasteiger partial charge in [-0.2, -0.15) is 5.26 Å². The molecule has 2 aromatic rings. The number of halogens is 1. The zero-order valence-electron chi connectivity index (χ0n) is 14.9. The quantitative estimate of drug-likeness (QED) is 0.272. The SMILES string of the molecule is CCNC(=NCc1ccc(C#N)cc1)NCCOCc1ccccc1.I. The van der Waals surface area contributed by atoms with Crippen LogP contribution < -0.4 is 10.6 Å². The van der Waals surface area contributed by atoms with Crippen molar-refractivity contribution in [2.45, 2.75) is 20.1 Å². The first-order valence-electron chi connectivity index (χ1n) is 8.44. The summed E-state index contributed by atoms with van der Waals surface area (Å²) in [6.45, 7) is 5.30. The molecular weight excluding hydrogens is 439 g/mol. The van der Waals surface area contributed by atoms with E-state index < -0.39 is 0 Å². The van der Waals surface area contributed by atoms with Crippen molar-refractivity contribution in [2.24, 2.45) is 4.99 Å². The Morgan fingerprint density at radius 3 is 2.42 bits per heavy atom. The lowest BCUT2D eigenvalue weighted by molar-refractivity contribution is 0.125. The van der Waals surface area contributed by atoms with Crippen LogP contribution in [0, 0.1) is 11.3 Å². The van der Waals surface area contributed by atoms with E-state index in [1.54, 1.807) is 0 Å². The van der Waals surface area contributed by atoms with Crippen LogP contribution in [0.2, 0.25) is 0 Å². The highest BCUT2D eigenvalue weighted by Crippen LogP contribution is 2.04. The highest BCUT2D eigenvalue weighted by molar-refractivity contribution is 14.0. The van der Waals surface area contributed by atoms with Crippen LogP contribution in [0.4, 0.5) is 0 Å². The van der Waals surface area contributed by atoms with Gasteiger partial charge < -0.3 is 15.4 Å². The lowest BCUT2D eigenvalue weighted by Gasteiger charge is -2.11. The van der Waals surface area contributed by atoms with Gasteiger partial charge in [0.25, 0.3) is 0 Å². The van der Waals surface area contributed by atoms with E-state index in [-0.39, 0.29) is 24.0 Å². The summed E-state index contributed by atoms with van der Waals surface area (Å²) in [6, 6.07) is 19.7. The fourth-order valence-electron chi connectivity index (χ4n) is 2.20. The van der Waals surface area contributed by atoms with Gasteiger partial charge in [0, 0.05) is 13.1 Å². The standard InChI is InChI=1S/C20H24N4O.HI/c1-2-22-20(24-15-18-10-8-17(14-21)9-11-18)23-12-13-25-16-19-6-4-3-5-7-19;/h3-11H,2,12-13,15-16H2,1H3,(H2,22,23,24);1H. The Bertz CT molecular complexity index is 696. The molecule has 0 aliphatic carbocycles. The number of guanidine groups is 1. The highest BCUT2D eigenvalue weighted by atomic mass is 127. The fourth-order valence-corrected chi connectivity index (χ4v) is 2.20. The van der Waals surface area contributed by atoms with E-state index in [9.17, 15) is 0 Å². The van der Waals surface area contributed by atoms with Gasteiger partial charge >= 0.3 is 0 Å². The third-order valence-electron chi connectivity index (χ3n) is 3.50. The molecule has 2 N–H and O–H groups in total. The minimum atomic E-state index is 0. The second-order valence-corrected chi connectivity index (χ2v) is 5.47. The lowest BCUT2D eigenvalue weighted by atomic mass is 10.1. The zero-order chi connectivity index (χ0) is 17.7. The largest absolute Gasteiger partial charge is 0.375 e. The van der Waals surface area contributed by atoms with Crippen LogP contribution in [0.5, 0.6) is 0 Å². The van der Waals surface area contributed by atoms with Crippen molar-refractivity contribution in [3.63, 3.8) is 0 Å². The molecule has 0 spiro atoms. The van der Waals surface area contributed by atoms with Crippen LogP contribution in [0.1, 0.15) is 23.6 Å². The third kappa shape index (κ3) is 8.32. The number of benzene rings is 2. The van der Waals surface area contributed by atoms with Crippen LogP contribution in [-0.2, 0) is 17.9 Å². The molecule has 0 unspecified atom stereocenters. The van der Waals surface area contributed by atoms with Gasteiger partial charge in [0.1, 0.15) is 0 Å². The van der Waals surface area contributed by atoms with E-state index in [4.69, 9.17) is 10.00 Å². The van der Waals surface area contributed by atoms with Gasteiger partial charge in [-0.25, -0.2) is 4.99 Å². The smallest absolute Gasteiger partial charge is 0.191 e. The molecule has 2 aromatic carbocycles. The predicted octanol–water partition coefficient (Wildman–Crippen LogP) is 3.45. The van der Waals surface area contributed by atoms with Gasteiger partial charge in [-0.05, 0) is 30.2 Å². The number of hydrogen-bond donors (Lipinski definition) is 2. The van der Waals surface area contributed by atoms with Gasteiger partial charge in [-0.1, -0.05) is 42.5 Å². The number of aliphatic imine (C=N–C) groups is 1. The summed E-state index contributed by atoms with van der Waals surface area (Å²) >= 11 is 0. The van der Waals surface area contributed by atoms with E-state index in [1.807, 2.05) is 49.4 Å². The highest BCUT2D eigenvalue weighted by Gasteiger charge is 1.98. The molecule has 0 saturated heterocycles. The van der Waals surface area contributed by atoms with Crippen molar-refractivity contribution in [1.29, 1.82) is 5.26 Å². The number of nitriles is 1. The maximum atomic E-state index is 8.82. The number of nitrogens with zero attached hydrogens (tertiary/aromatic N) is 2. The van der Waals surface area contributed by atoms with Crippen LogP contribution in [-0.4, -0.2) is 25.7 Å². The van der Waals surface area contributed by atoms with E-state index in [1.165, 1.54) is 5.56 Å². The molecule has 0 fully saturated rings. The van der Waals surface area contributed by atoms with Crippen molar-refractivity contribution in [2.75, 3.05) is 19.7 Å². The Morgan fingerprint density at radius 1 is 1.04 bits per heavy atom. The normalized spacial score (nSPS) is 10.5. The summed E-state index contributed by atoms with van der Waals surface area (Å²) in [7, 11) is 0. The number of rotatable bonds is 8. The zero-order valence-corrected chi connectivity index (χ0v) is 17.3. The maximum absolute atomic E-state index is 8.82. The first kappa shape index (κ1) is 21.9. The first-order valence-corrected chi connectivity index (χ1v) is 8.44. The lowest BCUT2D eigenvalue weighted by Crippen LogP contribution is -2.38. The molecule has 0 amide bonds. The van der Waals surface area contributed by atoms with Crippen molar-refractivity contribution in [3.8, 4) is 6.07 Å². The minimum absolute atomic E-state index is 0. The third-order valence-corrected chi connectivity index (χ3v) is 3.50. The predicted molar refractivity (Wildman–Crippen MR) is 115 cm³/mol. The topological polar surface area (TPSA) is 69.4 Å². The summed E-state index contributed by atoms with van der Waals surface area (Å²) < 4.78 is 5.66. The molecule has 0 aliphatic rings. The Labute approximate surface area is 172 Å². The van der Waals surface area contributed by atoms with E-state index in [2.05, 4.69) is 33.8 Å². The van der Waals surface area contributed by atoms with Crippen molar-refractivity contribution < 1.29 is 4.74 Å². The summed E-state index contributed by atoms with van der Waals surface area (Å²) in [5, 5.41) is 15.3. The fraction of sp³-hybridized carbons (Fsp3) is 0.300. The summed E-state index contributed by atoms with van der Waals surface area (Å²) in [5.74, 6) is 0.759. The van der Waals surface area contributed by atoms with Gasteiger partial charge in [0.05, 0.1) is 31.4 Å². The summed E-state index contributed by atoms with van der Waals surface area (Å²) in [4.78, 5) is 4.55. The maximum Gasteiger partial charge on any atom is 0.191 e. The summed E-state index contributed by atoms with van der Waals surface area (Å²) in [5.41, 5.74) is 2.90. The van der Waals surface area contributed by atoms with Crippen LogP contribution in [0.3, 0.4) is 0 Å². The van der Waals surface area contributed by atoms with E-state index >= 15 is 0 Å². The van der Waals surface area contributed by atoms with Crippen molar-refractivity contribution >= 4 is 29.9 Å². The average Bonchev–Trinajstić information content (AvgIpc) is 2.67. The average molecular weight is 464 g/mol. The van der Waals surface area contributed by atoms with Gasteiger partial charge in [0.15, 0.2) is 5.96 Å². The number of ether oxygens (including phenoxy) is 1. The van der Waals surface area contributed by atoms with Gasteiger partial charge in [-0.15, -0.1) is 24.0 Å². The molecule has 0 saturated carbocycles. The molecule has 0 radical (unpaired) electrons. The molecule has 0 aliphatic heterocycles. The molecule has 26 heavy (non-hydrogen) atoms. The van der Waals surface area contributed by atoms with E-state index in [0.29, 0.717) is 31.9 Å². The number of nitrogens with one attached hydrogen (secondary N) is 2. The first-order chi connectivity index (χ1) is 12.3. The molecule has 5 nitrogen and oxygen atoms in total. The molecule has 2 rings (SSSR count). The molecule has 0 bridgehead atoms. The van der Waals surface area contributed by atoms with Crippen LogP contribution in [0.15, 0.2) is 59.6 Å². The van der Waals surface area contributed by atoms with Gasteiger partial charge in [-0.3, -0.25) is 0 Å². The van der Waals surface area contributed by atoms with Crippen LogP contribution >= 0.6 is 24.0 Å². The molecule has 0 atom stereocenters. The van der Waals surface area contributed by atoms with Crippen molar-refractivity contribution in [3.05, 3.63) is 71.3 Å². The van der Waals surface area contributed by atoms with Crippen LogP contribution in [0.25, 0.3) is 0 Å². The second-order valence-electron chi connectivity index (χ2n) is 5.47. The Balaban J connectivity index is 0.00000338. The molecule has 6 heteroatoms. The Kier molecular flexibility index (Phi) is 11.1. The van der Waals surface area contributed by atoms with Crippen molar-refractivity contribution in [1.82, 2.24) is 10.6 Å². The summed E-state index contributed by atoms with van der Waals surface area (Å²) in [6.07, 6.45) is 0. The monoisotopic (exact) mass is 464 g/mol. The molecule has 0 heterocycles.